The molecule has 7 heteroatoms. The van der Waals surface area contributed by atoms with Gasteiger partial charge in [0.1, 0.15) is 12.6 Å². The fourth-order valence-electron chi connectivity index (χ4n) is 3.96. The van der Waals surface area contributed by atoms with Crippen LogP contribution >= 0.6 is 0 Å². The Morgan fingerprint density at radius 3 is 2.09 bits per heavy atom. The topological polar surface area (TPSA) is 105 Å². The average Bonchev–Trinajstić information content (AvgIpc) is 3.12. The van der Waals surface area contributed by atoms with Crippen molar-refractivity contribution in [3.8, 4) is 11.1 Å². The first-order valence-electron chi connectivity index (χ1n) is 11.0. The molecule has 0 bridgehead atoms. The van der Waals surface area contributed by atoms with E-state index in [1.54, 1.807) is 13.8 Å². The number of amides is 2. The quantitative estimate of drug-likeness (QED) is 0.553. The highest BCUT2D eigenvalue weighted by atomic mass is 16.5. The number of hydrogen-bond donors (Lipinski definition) is 3. The minimum absolute atomic E-state index is 0.0410. The molecule has 0 saturated carbocycles. The van der Waals surface area contributed by atoms with E-state index < -0.39 is 29.9 Å². The van der Waals surface area contributed by atoms with Crippen LogP contribution in [0.25, 0.3) is 11.1 Å². The van der Waals surface area contributed by atoms with Gasteiger partial charge in [-0.15, -0.1) is 0 Å². The van der Waals surface area contributed by atoms with Gasteiger partial charge in [0.2, 0.25) is 5.91 Å². The Kier molecular flexibility index (Phi) is 7.51. The highest BCUT2D eigenvalue weighted by Gasteiger charge is 2.30. The molecule has 0 saturated heterocycles. The van der Waals surface area contributed by atoms with Crippen LogP contribution in [0.4, 0.5) is 4.79 Å². The van der Waals surface area contributed by atoms with Crippen molar-refractivity contribution in [2.45, 2.75) is 39.2 Å². The number of rotatable bonds is 9. The van der Waals surface area contributed by atoms with Crippen LogP contribution in [0, 0.1) is 11.8 Å². The smallest absolute Gasteiger partial charge is 0.407 e. The van der Waals surface area contributed by atoms with Crippen molar-refractivity contribution in [1.82, 2.24) is 10.6 Å². The highest BCUT2D eigenvalue weighted by Crippen LogP contribution is 2.44. The molecule has 1 aliphatic carbocycles. The Morgan fingerprint density at radius 1 is 1.00 bits per heavy atom. The van der Waals surface area contributed by atoms with E-state index in [1.165, 1.54) is 0 Å². The second kappa shape index (κ2) is 10.3. The third kappa shape index (κ3) is 5.10. The van der Waals surface area contributed by atoms with E-state index in [1.807, 2.05) is 43.3 Å². The lowest BCUT2D eigenvalue weighted by molar-refractivity contribution is -0.143. The monoisotopic (exact) mass is 438 g/mol. The van der Waals surface area contributed by atoms with Crippen molar-refractivity contribution in [3.05, 3.63) is 59.7 Å². The van der Waals surface area contributed by atoms with Crippen molar-refractivity contribution in [3.63, 3.8) is 0 Å². The Hall–Kier alpha value is -3.35. The number of carboxylic acid groups (broad SMARTS) is 1. The summed E-state index contributed by atoms with van der Waals surface area (Å²) in [6, 6.07) is 15.2. The van der Waals surface area contributed by atoms with Crippen LogP contribution in [-0.2, 0) is 14.3 Å². The first kappa shape index (κ1) is 23.3. The van der Waals surface area contributed by atoms with Gasteiger partial charge in [0, 0.05) is 12.5 Å². The number of fused-ring (bicyclic) bond motifs is 3. The summed E-state index contributed by atoms with van der Waals surface area (Å²) in [5.74, 6) is -2.32. The number of carboxylic acids is 1. The zero-order valence-corrected chi connectivity index (χ0v) is 18.6. The van der Waals surface area contributed by atoms with Gasteiger partial charge < -0.3 is 20.5 Å². The minimum Gasteiger partial charge on any atom is -0.480 e. The molecule has 2 aromatic carbocycles. The number of carbonyl (C=O) groups excluding carboxylic acids is 2. The SMILES string of the molecule is CCC(C)[C@H](NC(=O)C(C)CNC(=O)OCC1c2ccccc2-c2ccccc21)C(=O)O. The van der Waals surface area contributed by atoms with Crippen molar-refractivity contribution >= 4 is 18.0 Å². The summed E-state index contributed by atoms with van der Waals surface area (Å²) in [7, 11) is 0. The van der Waals surface area contributed by atoms with Crippen molar-refractivity contribution in [1.29, 1.82) is 0 Å². The van der Waals surface area contributed by atoms with Crippen LogP contribution in [0.3, 0.4) is 0 Å². The van der Waals surface area contributed by atoms with Crippen LogP contribution in [0.1, 0.15) is 44.2 Å². The molecule has 7 nitrogen and oxygen atoms in total. The third-order valence-electron chi connectivity index (χ3n) is 6.12. The van der Waals surface area contributed by atoms with Crippen LogP contribution in [-0.4, -0.2) is 42.3 Å². The molecule has 2 amide bonds. The molecule has 2 aromatic rings. The summed E-state index contributed by atoms with van der Waals surface area (Å²) in [6.45, 7) is 5.52. The third-order valence-corrected chi connectivity index (χ3v) is 6.12. The van der Waals surface area contributed by atoms with Crippen LogP contribution < -0.4 is 10.6 Å². The van der Waals surface area contributed by atoms with Crippen molar-refractivity contribution < 1.29 is 24.2 Å². The van der Waals surface area contributed by atoms with Gasteiger partial charge >= 0.3 is 12.1 Å². The van der Waals surface area contributed by atoms with E-state index in [2.05, 4.69) is 22.8 Å². The van der Waals surface area contributed by atoms with Crippen molar-refractivity contribution in [2.24, 2.45) is 11.8 Å². The van der Waals surface area contributed by atoms with E-state index in [0.717, 1.165) is 22.3 Å². The molecule has 3 rings (SSSR count). The molecule has 0 fully saturated rings. The fourth-order valence-corrected chi connectivity index (χ4v) is 3.96. The lowest BCUT2D eigenvalue weighted by atomic mass is 9.98. The van der Waals surface area contributed by atoms with E-state index >= 15 is 0 Å². The molecular weight excluding hydrogens is 408 g/mol. The number of carbonyl (C=O) groups is 3. The predicted octanol–water partition coefficient (Wildman–Crippen LogP) is 3.78. The predicted molar refractivity (Wildman–Crippen MR) is 121 cm³/mol. The van der Waals surface area contributed by atoms with E-state index in [9.17, 15) is 19.5 Å². The van der Waals surface area contributed by atoms with Gasteiger partial charge in [-0.3, -0.25) is 4.79 Å². The average molecular weight is 439 g/mol. The van der Waals surface area contributed by atoms with Gasteiger partial charge in [0.25, 0.3) is 0 Å². The number of ether oxygens (including phenoxy) is 1. The number of hydrogen-bond acceptors (Lipinski definition) is 4. The molecule has 3 atom stereocenters. The fraction of sp³-hybridized carbons (Fsp3) is 0.400. The van der Waals surface area contributed by atoms with Gasteiger partial charge in [-0.1, -0.05) is 75.7 Å². The van der Waals surface area contributed by atoms with Gasteiger partial charge in [-0.25, -0.2) is 9.59 Å². The maximum absolute atomic E-state index is 12.4. The molecule has 170 valence electrons. The van der Waals surface area contributed by atoms with Crippen LogP contribution in [0.2, 0.25) is 0 Å². The molecule has 1 aliphatic rings. The largest absolute Gasteiger partial charge is 0.480 e. The Bertz CT molecular complexity index is 944. The molecule has 0 spiro atoms. The highest BCUT2D eigenvalue weighted by molar-refractivity contribution is 5.85. The lowest BCUT2D eigenvalue weighted by Crippen LogP contribution is -2.48. The number of aliphatic carboxylic acids is 1. The second-order valence-electron chi connectivity index (χ2n) is 8.32. The first-order valence-corrected chi connectivity index (χ1v) is 11.0. The van der Waals surface area contributed by atoms with E-state index in [4.69, 9.17) is 4.74 Å². The standard InChI is InChI=1S/C25H30N2O5/c1-4-15(2)22(24(29)30)27-23(28)16(3)13-26-25(31)32-14-21-19-11-7-5-9-17(19)18-10-6-8-12-20(18)21/h5-12,15-16,21-22H,4,13-14H2,1-3H3,(H,26,31)(H,27,28)(H,29,30)/t15?,16?,22-/m0/s1. The molecule has 32 heavy (non-hydrogen) atoms. The molecule has 0 radical (unpaired) electrons. The molecule has 0 aliphatic heterocycles. The van der Waals surface area contributed by atoms with Gasteiger partial charge in [0.05, 0.1) is 5.92 Å². The molecule has 0 heterocycles. The van der Waals surface area contributed by atoms with Gasteiger partial charge in [-0.2, -0.15) is 0 Å². The Balaban J connectivity index is 1.52. The Labute approximate surface area is 188 Å². The summed E-state index contributed by atoms with van der Waals surface area (Å²) in [4.78, 5) is 36.0. The molecule has 0 aromatic heterocycles. The van der Waals surface area contributed by atoms with Gasteiger partial charge in [0.15, 0.2) is 0 Å². The minimum atomic E-state index is -1.07. The maximum Gasteiger partial charge on any atom is 0.407 e. The van der Waals surface area contributed by atoms with Gasteiger partial charge in [-0.05, 0) is 28.2 Å². The normalized spacial score (nSPS) is 15.1. The molecule has 2 unspecified atom stereocenters. The number of nitrogens with one attached hydrogen (secondary N) is 2. The lowest BCUT2D eigenvalue weighted by Gasteiger charge is -2.22. The zero-order valence-electron chi connectivity index (χ0n) is 18.6. The van der Waals surface area contributed by atoms with Crippen molar-refractivity contribution in [2.75, 3.05) is 13.2 Å². The number of alkyl carbamates (subject to hydrolysis) is 1. The first-order chi connectivity index (χ1) is 15.3. The summed E-state index contributed by atoms with van der Waals surface area (Å²) < 4.78 is 5.47. The van der Waals surface area contributed by atoms with E-state index in [0.29, 0.717) is 6.42 Å². The summed E-state index contributed by atoms with van der Waals surface area (Å²) >= 11 is 0. The summed E-state index contributed by atoms with van der Waals surface area (Å²) in [5.41, 5.74) is 4.55. The molecule has 3 N–H and O–H groups in total. The number of benzene rings is 2. The van der Waals surface area contributed by atoms with Crippen LogP contribution in [0.15, 0.2) is 48.5 Å². The zero-order chi connectivity index (χ0) is 23.3. The Morgan fingerprint density at radius 2 is 1.56 bits per heavy atom. The summed E-state index contributed by atoms with van der Waals surface area (Å²) in [5, 5.41) is 14.5. The second-order valence-corrected chi connectivity index (χ2v) is 8.32. The molecular formula is C25H30N2O5. The van der Waals surface area contributed by atoms with E-state index in [-0.39, 0.29) is 25.0 Å². The van der Waals surface area contributed by atoms with Crippen LogP contribution in [0.5, 0.6) is 0 Å². The maximum atomic E-state index is 12.4. The summed E-state index contributed by atoms with van der Waals surface area (Å²) in [6.07, 6.45) is 0.0205.